The Kier molecular flexibility index (Phi) is 37.0. The molecule has 3 rings (SSSR count). The molecule has 1 unspecified atom stereocenters. The zero-order valence-electron chi connectivity index (χ0n) is 49.2. The molecule has 1 aromatic rings. The Balaban J connectivity index is 1.28. The van der Waals surface area contributed by atoms with E-state index < -0.39 is 52.1 Å². The molecule has 0 saturated carbocycles. The molecule has 454 valence electrons. The predicted octanol–water partition coefficient (Wildman–Crippen LogP) is 14.0. The average molecular weight is 1150 g/mol. The summed E-state index contributed by atoms with van der Waals surface area (Å²) in [6.07, 6.45) is 42.0. The van der Waals surface area contributed by atoms with Crippen LogP contribution in [0.15, 0.2) is 48.2 Å². The zero-order valence-corrected chi connectivity index (χ0v) is 50.1. The van der Waals surface area contributed by atoms with E-state index >= 15 is 8.63 Å². The Morgan fingerprint density at radius 3 is 1.77 bits per heavy atom. The van der Waals surface area contributed by atoms with Gasteiger partial charge in [0.2, 0.25) is 5.91 Å². The SMILES string of the molecule is CCCCCCCC/C=C\CCCCCCCC(=O)OC[C@H](COP(=O)(O)OCCNC(=O)OCCOCCNC(=O)CCC1=[N+]2C(=Cc3c(C)cc(C)n3[B-]2(F)F)C=C1)OC(=O)CCCCCCC/C=C\CCCCCCCC. The number of aryl methyl sites for hydroxylation is 2. The number of halogens is 2. The number of nitrogens with zero attached hydrogens (tertiary/aromatic N) is 2. The Labute approximate surface area is 478 Å². The molecule has 2 amide bonds. The first-order valence-electron chi connectivity index (χ1n) is 30.5. The van der Waals surface area contributed by atoms with Crippen LogP contribution < -0.4 is 10.6 Å². The summed E-state index contributed by atoms with van der Waals surface area (Å²) in [5, 5.41) is 5.09. The van der Waals surface area contributed by atoms with E-state index in [2.05, 4.69) is 48.8 Å². The predicted molar refractivity (Wildman–Crippen MR) is 314 cm³/mol. The maximum absolute atomic E-state index is 15.7. The monoisotopic (exact) mass is 1150 g/mol. The van der Waals surface area contributed by atoms with Crippen LogP contribution in [0.2, 0.25) is 0 Å². The number of carbonyl (C=O) groups excluding carboxylic acids is 4. The number of carbonyl (C=O) groups is 4. The van der Waals surface area contributed by atoms with Crippen LogP contribution in [0.3, 0.4) is 0 Å². The Hall–Kier alpha value is -4.42. The number of phosphoric acid groups is 1. The van der Waals surface area contributed by atoms with Crippen molar-refractivity contribution in [2.45, 2.75) is 226 Å². The number of aromatic nitrogens is 1. The van der Waals surface area contributed by atoms with Crippen molar-refractivity contribution in [3.63, 3.8) is 0 Å². The van der Waals surface area contributed by atoms with E-state index in [4.69, 9.17) is 28.0 Å². The van der Waals surface area contributed by atoms with Crippen LogP contribution in [0.25, 0.3) is 6.08 Å². The molecule has 2 aliphatic heterocycles. The topological polar surface area (TPSA) is 193 Å². The highest BCUT2D eigenvalue weighted by Crippen LogP contribution is 2.43. The van der Waals surface area contributed by atoms with Gasteiger partial charge in [0.1, 0.15) is 18.9 Å². The van der Waals surface area contributed by atoms with Gasteiger partial charge in [-0.15, -0.1) is 0 Å². The molecular weight excluding hydrogens is 1050 g/mol. The number of esters is 2. The van der Waals surface area contributed by atoms with Crippen LogP contribution in [-0.2, 0) is 46.9 Å². The molecule has 3 N–H and O–H groups in total. The number of rotatable bonds is 49. The molecule has 16 nitrogen and oxygen atoms in total. The van der Waals surface area contributed by atoms with Crippen molar-refractivity contribution in [2.75, 3.05) is 52.7 Å². The number of unbranched alkanes of at least 4 members (excludes halogenated alkanes) is 22. The molecule has 20 heteroatoms. The maximum Gasteiger partial charge on any atom is 0.737 e. The molecule has 0 aliphatic carbocycles. The number of fused-ring (bicyclic) bond motifs is 2. The largest absolute Gasteiger partial charge is 0.737 e. The van der Waals surface area contributed by atoms with E-state index in [1.165, 1.54) is 77.0 Å². The number of allylic oxidation sites excluding steroid dienone is 6. The second-order valence-electron chi connectivity index (χ2n) is 21.2. The first-order valence-corrected chi connectivity index (χ1v) is 32.0. The quantitative estimate of drug-likeness (QED) is 0.0140. The fourth-order valence-electron chi connectivity index (χ4n) is 9.66. The number of hydrogen-bond acceptors (Lipinski definition) is 11. The van der Waals surface area contributed by atoms with E-state index in [0.29, 0.717) is 35.6 Å². The lowest BCUT2D eigenvalue weighted by atomic mass is 9.90. The molecule has 2 aliphatic rings. The Morgan fingerprint density at radius 2 is 1.19 bits per heavy atom. The number of nitrogens with one attached hydrogen (secondary N) is 2. The number of amides is 2. The molecule has 0 radical (unpaired) electrons. The molecule has 0 spiro atoms. The number of hydrogen-bond donors (Lipinski definition) is 3. The normalized spacial score (nSPS) is 14.8. The molecule has 1 aromatic heterocycles. The summed E-state index contributed by atoms with van der Waals surface area (Å²) < 4.78 is 77.8. The van der Waals surface area contributed by atoms with E-state index in [0.717, 1.165) is 91.6 Å². The molecule has 0 fully saturated rings. The van der Waals surface area contributed by atoms with Gasteiger partial charge in [-0.05, 0) is 95.4 Å². The summed E-state index contributed by atoms with van der Waals surface area (Å²) in [5.74, 6) is -1.32. The molecule has 0 saturated heterocycles. The maximum atomic E-state index is 15.7. The van der Waals surface area contributed by atoms with Crippen molar-refractivity contribution >= 4 is 50.5 Å². The molecular formula is C60H100BF2N4O12P. The summed E-state index contributed by atoms with van der Waals surface area (Å²) in [6.45, 7) is 2.41. The minimum atomic E-state index is -4.70. The van der Waals surface area contributed by atoms with Crippen LogP contribution in [-0.4, -0.2) is 109 Å². The van der Waals surface area contributed by atoms with Crippen molar-refractivity contribution in [3.05, 3.63) is 65.2 Å². The van der Waals surface area contributed by atoms with Gasteiger partial charge in [-0.1, -0.05) is 141 Å². The third-order valence-electron chi connectivity index (χ3n) is 14.1. The summed E-state index contributed by atoms with van der Waals surface area (Å²) in [6, 6.07) is 1.74. The fraction of sp³-hybridized carbons (Fsp3) is 0.717. The second-order valence-corrected chi connectivity index (χ2v) is 22.6. The molecule has 0 bridgehead atoms. The summed E-state index contributed by atoms with van der Waals surface area (Å²) >= 11 is 0. The van der Waals surface area contributed by atoms with Gasteiger partial charge in [0, 0.05) is 62.7 Å². The molecule has 0 aromatic carbocycles. The lowest BCUT2D eigenvalue weighted by molar-refractivity contribution is -0.362. The van der Waals surface area contributed by atoms with Crippen LogP contribution in [0.1, 0.15) is 223 Å². The summed E-state index contributed by atoms with van der Waals surface area (Å²) in [7, 11) is -4.70. The minimum absolute atomic E-state index is 0.000958. The Bertz CT molecular complexity index is 2160. The first-order chi connectivity index (χ1) is 38.7. The minimum Gasteiger partial charge on any atom is -0.462 e. The van der Waals surface area contributed by atoms with Gasteiger partial charge in [0.15, 0.2) is 11.8 Å². The van der Waals surface area contributed by atoms with Gasteiger partial charge in [-0.25, -0.2) is 9.36 Å². The van der Waals surface area contributed by atoms with Crippen LogP contribution in [0.4, 0.5) is 13.4 Å². The van der Waals surface area contributed by atoms with Gasteiger partial charge in [-0.2, -0.15) is 0 Å². The average Bonchev–Trinajstić information content (AvgIpc) is 4.20. The number of ether oxygens (including phenoxy) is 4. The van der Waals surface area contributed by atoms with E-state index in [-0.39, 0.29) is 71.1 Å². The van der Waals surface area contributed by atoms with Crippen molar-refractivity contribution in [1.29, 1.82) is 0 Å². The third-order valence-corrected chi connectivity index (χ3v) is 15.1. The number of phosphoric ester groups is 1. The first kappa shape index (κ1) is 69.9. The van der Waals surface area contributed by atoms with E-state index in [1.807, 2.05) is 0 Å². The van der Waals surface area contributed by atoms with Gasteiger partial charge in [-0.3, -0.25) is 23.4 Å². The van der Waals surface area contributed by atoms with Gasteiger partial charge in [0.05, 0.1) is 26.4 Å². The highest BCUT2D eigenvalue weighted by Gasteiger charge is 2.52. The standard InChI is InChI=1S/C60H100BF2N4O12P/c1-5-7-9-11-13-15-17-19-21-23-25-27-29-31-33-35-58(69)76-49-55(79-59(70)36-34-32-30-28-26-24-22-20-18-16-14-12-10-8-6-2)50-78-80(72,73)77-44-42-65-60(71)75-46-45-74-43-41-64-57(68)40-39-53-37-38-54-48-56-51(3)47-52(4)66(56)61(62,63)67(53)54/h19-22,37-38,47-48,55H,5-18,23-36,39-46,49-50H2,1-4H3,(H,64,68)(H,65,71)(H,72,73)/b21-19-,22-20-/t55-/m1/s1. The molecule has 2 atom stereocenters. The summed E-state index contributed by atoms with van der Waals surface area (Å²) in [5.41, 5.74) is 2.50. The van der Waals surface area contributed by atoms with Crippen LogP contribution >= 0.6 is 7.82 Å². The second kappa shape index (κ2) is 42.4. The highest BCUT2D eigenvalue weighted by molar-refractivity contribution is 7.47. The van der Waals surface area contributed by atoms with Crippen molar-refractivity contribution in [3.8, 4) is 0 Å². The van der Waals surface area contributed by atoms with Crippen molar-refractivity contribution < 1.29 is 69.7 Å². The van der Waals surface area contributed by atoms with Gasteiger partial charge in [0.25, 0.3) is 0 Å². The van der Waals surface area contributed by atoms with E-state index in [1.54, 1.807) is 38.1 Å². The van der Waals surface area contributed by atoms with Crippen LogP contribution in [0.5, 0.6) is 0 Å². The lowest BCUT2D eigenvalue weighted by Crippen LogP contribution is -2.50. The van der Waals surface area contributed by atoms with Gasteiger partial charge < -0.3 is 52.1 Å². The zero-order chi connectivity index (χ0) is 58.1. The molecule has 80 heavy (non-hydrogen) atoms. The van der Waals surface area contributed by atoms with Crippen molar-refractivity contribution in [1.82, 2.24) is 15.1 Å². The smallest absolute Gasteiger partial charge is 0.462 e. The number of alkyl carbamates (subject to hydrolysis) is 1. The third kappa shape index (κ3) is 30.6. The molecule has 3 heterocycles. The summed E-state index contributed by atoms with van der Waals surface area (Å²) in [4.78, 5) is 60.6. The van der Waals surface area contributed by atoms with Crippen molar-refractivity contribution in [2.24, 2.45) is 0 Å². The fourth-order valence-corrected chi connectivity index (χ4v) is 10.4. The van der Waals surface area contributed by atoms with E-state index in [9.17, 15) is 28.6 Å². The lowest BCUT2D eigenvalue weighted by Gasteiger charge is -2.30. The highest BCUT2D eigenvalue weighted by atomic mass is 31.2. The Morgan fingerprint density at radius 1 is 0.650 bits per heavy atom. The van der Waals surface area contributed by atoms with Gasteiger partial charge >= 0.3 is 32.8 Å². The van der Waals surface area contributed by atoms with Crippen LogP contribution in [0, 0.1) is 13.8 Å².